The van der Waals surface area contributed by atoms with Crippen molar-refractivity contribution in [3.05, 3.63) is 0 Å². The first kappa shape index (κ1) is 5.52. The molecule has 0 saturated heterocycles. The molecule has 0 fully saturated rings. The monoisotopic (exact) mass is 140 g/mol. The number of fused-ring (bicyclic) bond motifs is 1. The van der Waals surface area contributed by atoms with E-state index in [4.69, 9.17) is 0 Å². The van der Waals surface area contributed by atoms with Crippen LogP contribution in [0.15, 0.2) is 4.63 Å². The van der Waals surface area contributed by atoms with Gasteiger partial charge in [-0.15, -0.1) is 0 Å². The first-order valence-electron chi connectivity index (χ1n) is 3.19. The van der Waals surface area contributed by atoms with Gasteiger partial charge in [0.2, 0.25) is 11.6 Å². The SMILES string of the molecule is CC1CNc2nonc2N1. The second-order valence-electron chi connectivity index (χ2n) is 2.39. The average Bonchev–Trinajstić information content (AvgIpc) is 2.33. The van der Waals surface area contributed by atoms with E-state index in [2.05, 4.69) is 32.5 Å². The van der Waals surface area contributed by atoms with Crippen molar-refractivity contribution in [2.75, 3.05) is 17.2 Å². The molecule has 1 atom stereocenters. The maximum absolute atomic E-state index is 4.49. The summed E-state index contributed by atoms with van der Waals surface area (Å²) in [4.78, 5) is 0. The van der Waals surface area contributed by atoms with E-state index in [9.17, 15) is 0 Å². The summed E-state index contributed by atoms with van der Waals surface area (Å²) in [6, 6.07) is 0.388. The largest absolute Gasteiger partial charge is 0.362 e. The lowest BCUT2D eigenvalue weighted by Crippen LogP contribution is -2.29. The molecule has 1 aliphatic rings. The summed E-state index contributed by atoms with van der Waals surface area (Å²) in [6.07, 6.45) is 0. The maximum atomic E-state index is 4.49. The smallest absolute Gasteiger partial charge is 0.215 e. The summed E-state index contributed by atoms with van der Waals surface area (Å²) < 4.78 is 4.49. The first-order chi connectivity index (χ1) is 4.86. The minimum atomic E-state index is 0.388. The molecule has 2 rings (SSSR count). The number of aromatic nitrogens is 2. The third-order valence-corrected chi connectivity index (χ3v) is 1.45. The summed E-state index contributed by atoms with van der Waals surface area (Å²) in [7, 11) is 0. The van der Waals surface area contributed by atoms with Crippen LogP contribution in [0.25, 0.3) is 0 Å². The van der Waals surface area contributed by atoms with Crippen LogP contribution in [0.3, 0.4) is 0 Å². The molecule has 5 heteroatoms. The van der Waals surface area contributed by atoms with Gasteiger partial charge in [0.25, 0.3) is 0 Å². The lowest BCUT2D eigenvalue weighted by Gasteiger charge is -2.18. The molecule has 2 heterocycles. The van der Waals surface area contributed by atoms with Crippen molar-refractivity contribution >= 4 is 11.6 Å². The molecular weight excluding hydrogens is 132 g/mol. The predicted octanol–water partition coefficient (Wildman–Crippen LogP) is 0.295. The molecule has 1 aromatic heterocycles. The Balaban J connectivity index is 2.30. The Hall–Kier alpha value is -1.26. The third-order valence-electron chi connectivity index (χ3n) is 1.45. The summed E-state index contributed by atoms with van der Waals surface area (Å²) in [5, 5.41) is 13.5. The second kappa shape index (κ2) is 1.86. The van der Waals surface area contributed by atoms with Crippen LogP contribution in [0.1, 0.15) is 6.92 Å². The van der Waals surface area contributed by atoms with E-state index in [0.29, 0.717) is 17.7 Å². The van der Waals surface area contributed by atoms with Gasteiger partial charge in [0.05, 0.1) is 0 Å². The molecule has 5 nitrogen and oxygen atoms in total. The Labute approximate surface area is 57.8 Å². The standard InChI is InChI=1S/C5H8N4O/c1-3-2-6-4-5(7-3)9-10-8-4/h3H,2H2,1H3,(H,6,8)(H,7,9). The zero-order chi connectivity index (χ0) is 6.97. The molecule has 0 saturated carbocycles. The Morgan fingerprint density at radius 2 is 2.30 bits per heavy atom. The Morgan fingerprint density at radius 3 is 3.20 bits per heavy atom. The van der Waals surface area contributed by atoms with Gasteiger partial charge in [-0.2, -0.15) is 0 Å². The molecule has 2 N–H and O–H groups in total. The topological polar surface area (TPSA) is 63.0 Å². The molecule has 0 spiro atoms. The maximum Gasteiger partial charge on any atom is 0.215 e. The summed E-state index contributed by atoms with van der Waals surface area (Å²) in [6.45, 7) is 2.92. The highest BCUT2D eigenvalue weighted by atomic mass is 16.6. The molecule has 54 valence electrons. The van der Waals surface area contributed by atoms with E-state index in [-0.39, 0.29) is 0 Å². The van der Waals surface area contributed by atoms with Crippen molar-refractivity contribution in [1.29, 1.82) is 0 Å². The van der Waals surface area contributed by atoms with Crippen molar-refractivity contribution < 1.29 is 4.63 Å². The number of nitrogens with zero attached hydrogens (tertiary/aromatic N) is 2. The zero-order valence-corrected chi connectivity index (χ0v) is 5.59. The van der Waals surface area contributed by atoms with E-state index in [1.807, 2.05) is 0 Å². The van der Waals surface area contributed by atoms with Crippen LogP contribution in [-0.2, 0) is 0 Å². The van der Waals surface area contributed by atoms with Gasteiger partial charge in [-0.3, -0.25) is 0 Å². The van der Waals surface area contributed by atoms with Crippen LogP contribution < -0.4 is 10.6 Å². The Bertz CT molecular complexity index is 233. The van der Waals surface area contributed by atoms with Crippen molar-refractivity contribution in [3.63, 3.8) is 0 Å². The molecule has 1 aliphatic heterocycles. The summed E-state index contributed by atoms with van der Waals surface area (Å²) in [5.74, 6) is 1.41. The molecule has 0 amide bonds. The molecule has 0 bridgehead atoms. The molecule has 0 aromatic carbocycles. The normalized spacial score (nSPS) is 22.7. The predicted molar refractivity (Wildman–Crippen MR) is 35.9 cm³/mol. The minimum Gasteiger partial charge on any atom is -0.362 e. The molecular formula is C5H8N4O. The average molecular weight is 140 g/mol. The zero-order valence-electron chi connectivity index (χ0n) is 5.59. The highest BCUT2D eigenvalue weighted by Crippen LogP contribution is 2.19. The summed E-state index contributed by atoms with van der Waals surface area (Å²) in [5.41, 5.74) is 0. The van der Waals surface area contributed by atoms with E-state index < -0.39 is 0 Å². The fourth-order valence-electron chi connectivity index (χ4n) is 0.933. The minimum absolute atomic E-state index is 0.388. The number of rotatable bonds is 0. The first-order valence-corrected chi connectivity index (χ1v) is 3.19. The highest BCUT2D eigenvalue weighted by Gasteiger charge is 2.17. The van der Waals surface area contributed by atoms with Gasteiger partial charge in [0.15, 0.2) is 0 Å². The van der Waals surface area contributed by atoms with E-state index in [0.717, 1.165) is 6.54 Å². The number of nitrogens with one attached hydrogen (secondary N) is 2. The number of anilines is 2. The van der Waals surface area contributed by atoms with Crippen molar-refractivity contribution in [3.8, 4) is 0 Å². The molecule has 10 heavy (non-hydrogen) atoms. The number of hydrogen-bond acceptors (Lipinski definition) is 5. The van der Waals surface area contributed by atoms with Gasteiger partial charge in [-0.25, -0.2) is 4.63 Å². The highest BCUT2D eigenvalue weighted by molar-refractivity contribution is 5.60. The number of hydrogen-bond donors (Lipinski definition) is 2. The van der Waals surface area contributed by atoms with Crippen LogP contribution in [0.4, 0.5) is 11.6 Å². The van der Waals surface area contributed by atoms with Crippen LogP contribution in [0, 0.1) is 0 Å². The van der Waals surface area contributed by atoms with Gasteiger partial charge in [0.1, 0.15) is 0 Å². The third kappa shape index (κ3) is 0.706. The van der Waals surface area contributed by atoms with Crippen LogP contribution in [0.5, 0.6) is 0 Å². The quantitative estimate of drug-likeness (QED) is 0.542. The lowest BCUT2D eigenvalue weighted by molar-refractivity contribution is 0.310. The van der Waals surface area contributed by atoms with E-state index >= 15 is 0 Å². The molecule has 0 radical (unpaired) electrons. The molecule has 1 unspecified atom stereocenters. The molecule has 0 aliphatic carbocycles. The van der Waals surface area contributed by atoms with Gasteiger partial charge in [-0.05, 0) is 17.2 Å². The van der Waals surface area contributed by atoms with Gasteiger partial charge in [0, 0.05) is 12.6 Å². The summed E-state index contributed by atoms with van der Waals surface area (Å²) >= 11 is 0. The Kier molecular flexibility index (Phi) is 1.03. The second-order valence-corrected chi connectivity index (χ2v) is 2.39. The molecule has 1 aromatic rings. The van der Waals surface area contributed by atoms with E-state index in [1.54, 1.807) is 0 Å². The van der Waals surface area contributed by atoms with Gasteiger partial charge < -0.3 is 10.6 Å². The van der Waals surface area contributed by atoms with Crippen molar-refractivity contribution in [1.82, 2.24) is 10.3 Å². The van der Waals surface area contributed by atoms with Gasteiger partial charge in [-0.1, -0.05) is 0 Å². The van der Waals surface area contributed by atoms with E-state index in [1.165, 1.54) is 0 Å². The van der Waals surface area contributed by atoms with Gasteiger partial charge >= 0.3 is 0 Å². The van der Waals surface area contributed by atoms with Crippen LogP contribution in [0.2, 0.25) is 0 Å². The fourth-order valence-corrected chi connectivity index (χ4v) is 0.933. The Morgan fingerprint density at radius 1 is 1.50 bits per heavy atom. The van der Waals surface area contributed by atoms with Crippen molar-refractivity contribution in [2.45, 2.75) is 13.0 Å². The lowest BCUT2D eigenvalue weighted by atomic mass is 10.3. The fraction of sp³-hybridized carbons (Fsp3) is 0.600. The van der Waals surface area contributed by atoms with Crippen LogP contribution in [-0.4, -0.2) is 22.9 Å². The van der Waals surface area contributed by atoms with Crippen molar-refractivity contribution in [2.24, 2.45) is 0 Å². The van der Waals surface area contributed by atoms with Crippen LogP contribution >= 0.6 is 0 Å².